The lowest BCUT2D eigenvalue weighted by Gasteiger charge is -2.32. The molecule has 36 heavy (non-hydrogen) atoms. The Bertz CT molecular complexity index is 1340. The number of hydrogen-bond acceptors (Lipinski definition) is 6. The average Bonchev–Trinajstić information content (AvgIpc) is 3.31. The number of rotatable bonds is 4. The van der Waals surface area contributed by atoms with Crippen molar-refractivity contribution in [3.63, 3.8) is 0 Å². The van der Waals surface area contributed by atoms with Crippen LogP contribution in [0.4, 0.5) is 10.1 Å². The number of H-pyrrole nitrogens is 1. The third-order valence-corrected chi connectivity index (χ3v) is 7.03. The standard InChI is InChI=1S/C25H27ClFN7O2/c1-13-19(30-14(2)20(13)25(36)34-8-6-33(3)7-9-34)11-16-21-22(28-12-29-23(21)32-24(16)35)31-15-4-5-18(27)17(26)10-15/h4-5,10-12,23,30-31H,6-9H2,1-3H3,(H,28,29)(H,32,35)/b16-11-. The number of piperazine rings is 1. The second kappa shape index (κ2) is 9.44. The van der Waals surface area contributed by atoms with Crippen molar-refractivity contribution in [1.82, 2.24) is 25.4 Å². The van der Waals surface area contributed by atoms with Crippen LogP contribution in [0.2, 0.25) is 5.02 Å². The number of aromatic nitrogens is 1. The van der Waals surface area contributed by atoms with Crippen molar-refractivity contribution in [3.05, 3.63) is 68.5 Å². The molecule has 11 heteroatoms. The van der Waals surface area contributed by atoms with E-state index < -0.39 is 12.0 Å². The van der Waals surface area contributed by atoms with Gasteiger partial charge in [-0.15, -0.1) is 0 Å². The predicted octanol–water partition coefficient (Wildman–Crippen LogP) is 2.61. The van der Waals surface area contributed by atoms with Gasteiger partial charge in [-0.3, -0.25) is 9.59 Å². The number of hydrogen-bond donors (Lipinski definition) is 4. The highest BCUT2D eigenvalue weighted by Crippen LogP contribution is 2.32. The summed E-state index contributed by atoms with van der Waals surface area (Å²) in [5.74, 6) is -0.289. The molecule has 5 rings (SSSR count). The molecule has 2 fully saturated rings. The van der Waals surface area contributed by atoms with E-state index in [9.17, 15) is 14.0 Å². The zero-order chi connectivity index (χ0) is 25.6. The second-order valence-electron chi connectivity index (χ2n) is 9.16. The molecule has 4 heterocycles. The van der Waals surface area contributed by atoms with E-state index in [1.165, 1.54) is 18.5 Å². The van der Waals surface area contributed by atoms with Crippen molar-refractivity contribution in [2.45, 2.75) is 20.0 Å². The molecular weight excluding hydrogens is 485 g/mol. The summed E-state index contributed by atoms with van der Waals surface area (Å²) < 4.78 is 13.6. The smallest absolute Gasteiger partial charge is 0.256 e. The number of amides is 2. The van der Waals surface area contributed by atoms with Crippen molar-refractivity contribution in [2.24, 2.45) is 4.99 Å². The van der Waals surface area contributed by atoms with Gasteiger partial charge in [0, 0.05) is 43.3 Å². The Balaban J connectivity index is 1.49. The van der Waals surface area contributed by atoms with Crippen LogP contribution in [-0.2, 0) is 4.79 Å². The molecule has 2 aromatic rings. The van der Waals surface area contributed by atoms with E-state index in [0.717, 1.165) is 24.3 Å². The number of fused-ring (bicyclic) bond motifs is 1. The van der Waals surface area contributed by atoms with Crippen molar-refractivity contribution in [3.8, 4) is 0 Å². The molecule has 0 spiro atoms. The summed E-state index contributed by atoms with van der Waals surface area (Å²) in [6, 6.07) is 4.29. The van der Waals surface area contributed by atoms with E-state index >= 15 is 0 Å². The van der Waals surface area contributed by atoms with E-state index in [1.807, 2.05) is 25.8 Å². The normalized spacial score (nSPS) is 21.0. The number of nitrogens with one attached hydrogen (secondary N) is 4. The molecular formula is C25H27ClFN7O2. The predicted molar refractivity (Wildman–Crippen MR) is 137 cm³/mol. The number of aryl methyl sites for hydroxylation is 1. The molecule has 1 atom stereocenters. The molecule has 9 nitrogen and oxygen atoms in total. The number of benzene rings is 1. The zero-order valence-corrected chi connectivity index (χ0v) is 21.0. The Kier molecular flexibility index (Phi) is 6.31. The number of aliphatic imine (C=N–C) groups is 1. The van der Waals surface area contributed by atoms with Gasteiger partial charge in [0.25, 0.3) is 11.8 Å². The first kappa shape index (κ1) is 24.1. The molecule has 1 unspecified atom stereocenters. The van der Waals surface area contributed by atoms with Gasteiger partial charge < -0.3 is 30.7 Å². The van der Waals surface area contributed by atoms with Gasteiger partial charge in [-0.2, -0.15) is 0 Å². The zero-order valence-electron chi connectivity index (χ0n) is 20.2. The van der Waals surface area contributed by atoms with Crippen molar-refractivity contribution < 1.29 is 14.0 Å². The number of aromatic amines is 1. The summed E-state index contributed by atoms with van der Waals surface area (Å²) in [4.78, 5) is 37.9. The number of carbonyl (C=O) groups is 2. The fourth-order valence-electron chi connectivity index (χ4n) is 4.70. The van der Waals surface area contributed by atoms with Crippen LogP contribution in [0.5, 0.6) is 0 Å². The van der Waals surface area contributed by atoms with Crippen LogP contribution >= 0.6 is 11.6 Å². The van der Waals surface area contributed by atoms with Crippen LogP contribution in [-0.4, -0.2) is 72.3 Å². The highest BCUT2D eigenvalue weighted by atomic mass is 35.5. The van der Waals surface area contributed by atoms with Crippen molar-refractivity contribution >= 4 is 41.5 Å². The summed E-state index contributed by atoms with van der Waals surface area (Å²) in [7, 11) is 2.05. The average molecular weight is 512 g/mol. The van der Waals surface area contributed by atoms with E-state index in [1.54, 1.807) is 12.1 Å². The third-order valence-electron chi connectivity index (χ3n) is 6.74. The molecule has 0 radical (unpaired) electrons. The summed E-state index contributed by atoms with van der Waals surface area (Å²) in [6.07, 6.45) is 2.66. The Labute approximate surface area is 213 Å². The number of likely N-dealkylation sites (N-methyl/N-ethyl adjacent to an activating group) is 1. The molecule has 3 aliphatic rings. The molecule has 188 valence electrons. The van der Waals surface area contributed by atoms with E-state index in [4.69, 9.17) is 11.6 Å². The van der Waals surface area contributed by atoms with Gasteiger partial charge in [-0.05, 0) is 50.7 Å². The van der Waals surface area contributed by atoms with Gasteiger partial charge >= 0.3 is 0 Å². The first-order chi connectivity index (χ1) is 17.2. The largest absolute Gasteiger partial charge is 0.358 e. The molecule has 0 saturated carbocycles. The lowest BCUT2D eigenvalue weighted by molar-refractivity contribution is -0.116. The minimum atomic E-state index is -0.578. The Hall–Kier alpha value is -3.63. The summed E-state index contributed by atoms with van der Waals surface area (Å²) in [6.45, 7) is 6.78. The summed E-state index contributed by atoms with van der Waals surface area (Å²) in [5.41, 5.74) is 4.43. The molecule has 0 bridgehead atoms. The monoisotopic (exact) mass is 511 g/mol. The van der Waals surface area contributed by atoms with Gasteiger partial charge in [-0.25, -0.2) is 9.38 Å². The van der Waals surface area contributed by atoms with E-state index in [2.05, 4.69) is 30.8 Å². The maximum atomic E-state index is 13.6. The Morgan fingerprint density at radius 2 is 2.00 bits per heavy atom. The minimum Gasteiger partial charge on any atom is -0.358 e. The van der Waals surface area contributed by atoms with Gasteiger partial charge in [-0.1, -0.05) is 11.6 Å². The van der Waals surface area contributed by atoms with Crippen LogP contribution in [0, 0.1) is 19.7 Å². The highest BCUT2D eigenvalue weighted by molar-refractivity contribution is 6.31. The Morgan fingerprint density at radius 1 is 1.25 bits per heavy atom. The van der Waals surface area contributed by atoms with E-state index in [0.29, 0.717) is 47.0 Å². The first-order valence-corrected chi connectivity index (χ1v) is 12.0. The van der Waals surface area contributed by atoms with Crippen LogP contribution in [0.3, 0.4) is 0 Å². The number of carbonyl (C=O) groups excluding carboxylic acids is 2. The highest BCUT2D eigenvalue weighted by Gasteiger charge is 2.36. The van der Waals surface area contributed by atoms with Crippen molar-refractivity contribution in [2.75, 3.05) is 38.5 Å². The minimum absolute atomic E-state index is 0.00792. The fourth-order valence-corrected chi connectivity index (χ4v) is 4.88. The maximum absolute atomic E-state index is 13.6. The number of anilines is 1. The topological polar surface area (TPSA) is 105 Å². The molecule has 3 aliphatic heterocycles. The van der Waals surface area contributed by atoms with Crippen LogP contribution in [0.1, 0.15) is 27.3 Å². The van der Waals surface area contributed by atoms with Gasteiger partial charge in [0.2, 0.25) is 0 Å². The summed E-state index contributed by atoms with van der Waals surface area (Å²) in [5, 5.41) is 9.05. The molecule has 1 aromatic heterocycles. The number of nitrogens with zero attached hydrogens (tertiary/aromatic N) is 3. The van der Waals surface area contributed by atoms with Gasteiger partial charge in [0.05, 0.1) is 28.1 Å². The van der Waals surface area contributed by atoms with Crippen LogP contribution in [0.15, 0.2) is 40.2 Å². The second-order valence-corrected chi connectivity index (χ2v) is 9.57. The molecule has 1 aromatic carbocycles. The first-order valence-electron chi connectivity index (χ1n) is 11.7. The molecule has 0 aliphatic carbocycles. The van der Waals surface area contributed by atoms with Crippen LogP contribution in [0.25, 0.3) is 6.08 Å². The van der Waals surface area contributed by atoms with Gasteiger partial charge in [0.1, 0.15) is 11.6 Å². The molecule has 2 saturated heterocycles. The van der Waals surface area contributed by atoms with Crippen LogP contribution < -0.4 is 16.0 Å². The Morgan fingerprint density at radius 3 is 2.72 bits per heavy atom. The lowest BCUT2D eigenvalue weighted by Crippen LogP contribution is -2.47. The summed E-state index contributed by atoms with van der Waals surface area (Å²) >= 11 is 5.93. The maximum Gasteiger partial charge on any atom is 0.256 e. The van der Waals surface area contributed by atoms with Crippen molar-refractivity contribution in [1.29, 1.82) is 0 Å². The van der Waals surface area contributed by atoms with E-state index in [-0.39, 0.29) is 16.8 Å². The molecule has 4 N–H and O–H groups in total. The lowest BCUT2D eigenvalue weighted by atomic mass is 10.0. The SMILES string of the molecule is Cc1[nH]c(/C=C2\C(=O)NC3N=CNC(Nc4ccc(F)c(Cl)c4)=C23)c(C)c1C(=O)N1CCN(C)CC1. The fraction of sp³-hybridized carbons (Fsp3) is 0.320. The number of halogens is 2. The van der Waals surface area contributed by atoms with Gasteiger partial charge in [0.15, 0.2) is 6.17 Å². The quantitative estimate of drug-likeness (QED) is 0.472. The molecule has 2 amide bonds. The third kappa shape index (κ3) is 4.38.